The molecular weight excluding hydrogens is 411 g/mol. The Morgan fingerprint density at radius 1 is 0.897 bits per heavy atom. The lowest BCUT2D eigenvalue weighted by molar-refractivity contribution is -0.141. The summed E-state index contributed by atoms with van der Waals surface area (Å²) in [5.41, 5.74) is 0.852. The number of fused-ring (bicyclic) bond motifs is 1. The zero-order chi connectivity index (χ0) is 20.5. The number of carboxylic acid groups (broad SMARTS) is 1. The van der Waals surface area contributed by atoms with E-state index in [4.69, 9.17) is 33.0 Å². The summed E-state index contributed by atoms with van der Waals surface area (Å²) < 4.78 is 5.89. The zero-order valence-corrected chi connectivity index (χ0v) is 16.9. The van der Waals surface area contributed by atoms with Crippen LogP contribution in [0.5, 0.6) is 5.75 Å². The number of hydrogen-bond donors (Lipinski definition) is 1. The third kappa shape index (κ3) is 3.83. The van der Waals surface area contributed by atoms with Crippen molar-refractivity contribution in [3.8, 4) is 5.75 Å². The molecule has 1 N–H and O–H groups in total. The fourth-order valence-electron chi connectivity index (χ4n) is 3.82. The average molecular weight is 429 g/mol. The summed E-state index contributed by atoms with van der Waals surface area (Å²) in [6.45, 7) is 0. The van der Waals surface area contributed by atoms with E-state index >= 15 is 0 Å². The molecule has 1 aliphatic rings. The largest absolute Gasteiger partial charge is 0.489 e. The second-order valence-corrected chi connectivity index (χ2v) is 7.94. The fourth-order valence-corrected chi connectivity index (χ4v) is 4.27. The summed E-state index contributed by atoms with van der Waals surface area (Å²) in [4.78, 5) is 24.3. The Hall–Kier alpha value is -2.56. The van der Waals surface area contributed by atoms with E-state index in [2.05, 4.69) is 0 Å². The van der Waals surface area contributed by atoms with Crippen molar-refractivity contribution in [3.63, 3.8) is 0 Å². The highest BCUT2D eigenvalue weighted by Gasteiger charge is 2.31. The van der Waals surface area contributed by atoms with Gasteiger partial charge in [-0.25, -0.2) is 0 Å². The summed E-state index contributed by atoms with van der Waals surface area (Å²) in [6, 6.07) is 16.4. The highest BCUT2D eigenvalue weighted by Crippen LogP contribution is 2.39. The number of aliphatic carboxylic acids is 1. The fraction of sp³-hybridized carbons (Fsp3) is 0.217. The lowest BCUT2D eigenvalue weighted by atomic mass is 9.97. The smallest absolute Gasteiger partial charge is 0.306 e. The molecule has 0 aromatic heterocycles. The third-order valence-electron chi connectivity index (χ3n) is 5.35. The number of benzene rings is 3. The Morgan fingerprint density at radius 2 is 1.66 bits per heavy atom. The van der Waals surface area contributed by atoms with E-state index in [0.29, 0.717) is 36.1 Å². The molecule has 0 heterocycles. The van der Waals surface area contributed by atoms with Gasteiger partial charge < -0.3 is 9.84 Å². The molecule has 0 spiro atoms. The Labute approximate surface area is 178 Å². The number of ketones is 1. The van der Waals surface area contributed by atoms with E-state index in [-0.39, 0.29) is 21.9 Å². The van der Waals surface area contributed by atoms with Crippen molar-refractivity contribution in [1.82, 2.24) is 0 Å². The summed E-state index contributed by atoms with van der Waals surface area (Å²) in [7, 11) is 0. The van der Waals surface area contributed by atoms with Crippen molar-refractivity contribution >= 4 is 45.7 Å². The average Bonchev–Trinajstić information content (AvgIpc) is 3.20. The molecule has 0 aliphatic heterocycles. The Balaban J connectivity index is 1.62. The standard InChI is InChI=1S/C23H18Cl2O4/c24-20-18(22(26)17-7-3-5-13-4-1-2-6-16(13)17)10-11-19(21(20)25)29-15-9-8-14(12-15)23(27)28/h1-7,10-11,14-15H,8-9,12H2,(H,27,28)/t14-,15-/m0/s1. The van der Waals surface area contributed by atoms with Crippen LogP contribution in [0.25, 0.3) is 10.8 Å². The first-order chi connectivity index (χ1) is 14.0. The SMILES string of the molecule is O=C(c1ccc(O[C@H]2CC[C@H](C(=O)O)C2)c(Cl)c1Cl)c1cccc2ccccc12. The maximum Gasteiger partial charge on any atom is 0.306 e. The van der Waals surface area contributed by atoms with Crippen LogP contribution in [0.1, 0.15) is 35.2 Å². The highest BCUT2D eigenvalue weighted by molar-refractivity contribution is 6.45. The van der Waals surface area contributed by atoms with Crippen molar-refractivity contribution in [1.29, 1.82) is 0 Å². The summed E-state index contributed by atoms with van der Waals surface area (Å²) in [5, 5.41) is 11.2. The van der Waals surface area contributed by atoms with Crippen LogP contribution in [0, 0.1) is 5.92 Å². The zero-order valence-electron chi connectivity index (χ0n) is 15.4. The number of halogens is 2. The van der Waals surface area contributed by atoms with Gasteiger partial charge in [-0.3, -0.25) is 9.59 Å². The molecule has 0 amide bonds. The number of carbonyl (C=O) groups excluding carboxylic acids is 1. The van der Waals surface area contributed by atoms with Crippen molar-refractivity contribution in [2.45, 2.75) is 25.4 Å². The number of hydrogen-bond acceptors (Lipinski definition) is 3. The minimum Gasteiger partial charge on any atom is -0.489 e. The molecule has 148 valence electrons. The van der Waals surface area contributed by atoms with Gasteiger partial charge in [0.2, 0.25) is 0 Å². The molecule has 0 saturated heterocycles. The molecule has 1 saturated carbocycles. The van der Waals surface area contributed by atoms with Gasteiger partial charge in [0, 0.05) is 11.1 Å². The van der Waals surface area contributed by atoms with Gasteiger partial charge in [-0.1, -0.05) is 65.7 Å². The van der Waals surface area contributed by atoms with Crippen LogP contribution in [0.4, 0.5) is 0 Å². The van der Waals surface area contributed by atoms with Gasteiger partial charge in [0.25, 0.3) is 0 Å². The molecule has 29 heavy (non-hydrogen) atoms. The molecule has 0 bridgehead atoms. The molecule has 2 atom stereocenters. The molecule has 4 rings (SSSR count). The first kappa shape index (κ1) is 19.7. The molecule has 3 aromatic carbocycles. The molecule has 0 unspecified atom stereocenters. The first-order valence-electron chi connectivity index (χ1n) is 9.35. The summed E-state index contributed by atoms with van der Waals surface area (Å²) in [5.74, 6) is -1.06. The molecule has 1 aliphatic carbocycles. The van der Waals surface area contributed by atoms with Gasteiger partial charge in [0.05, 0.1) is 17.0 Å². The van der Waals surface area contributed by atoms with Crippen LogP contribution >= 0.6 is 23.2 Å². The van der Waals surface area contributed by atoms with Crippen molar-refractivity contribution in [2.75, 3.05) is 0 Å². The first-order valence-corrected chi connectivity index (χ1v) is 10.1. The van der Waals surface area contributed by atoms with Gasteiger partial charge in [-0.15, -0.1) is 0 Å². The highest BCUT2D eigenvalue weighted by atomic mass is 35.5. The topological polar surface area (TPSA) is 63.6 Å². The molecule has 3 aromatic rings. The van der Waals surface area contributed by atoms with Gasteiger partial charge in [-0.2, -0.15) is 0 Å². The van der Waals surface area contributed by atoms with Crippen LogP contribution in [0.15, 0.2) is 54.6 Å². The Morgan fingerprint density at radius 3 is 2.41 bits per heavy atom. The molecule has 6 heteroatoms. The van der Waals surface area contributed by atoms with E-state index in [9.17, 15) is 9.59 Å². The summed E-state index contributed by atoms with van der Waals surface area (Å²) in [6.07, 6.45) is 1.41. The van der Waals surface area contributed by atoms with Gasteiger partial charge in [-0.05, 0) is 42.2 Å². The van der Waals surface area contributed by atoms with E-state index in [1.54, 1.807) is 18.2 Å². The van der Waals surface area contributed by atoms with E-state index in [0.717, 1.165) is 10.8 Å². The van der Waals surface area contributed by atoms with E-state index in [1.165, 1.54) is 0 Å². The number of carbonyl (C=O) groups is 2. The predicted octanol–water partition coefficient (Wildman–Crippen LogP) is 6.01. The molecular formula is C23H18Cl2O4. The number of ether oxygens (including phenoxy) is 1. The van der Waals surface area contributed by atoms with Gasteiger partial charge >= 0.3 is 5.97 Å². The van der Waals surface area contributed by atoms with Crippen LogP contribution in [-0.4, -0.2) is 23.0 Å². The second kappa shape index (κ2) is 8.05. The minimum atomic E-state index is -0.809. The van der Waals surface area contributed by atoms with Crippen LogP contribution in [0.2, 0.25) is 10.0 Å². The maximum absolute atomic E-state index is 13.2. The third-order valence-corrected chi connectivity index (χ3v) is 6.22. The van der Waals surface area contributed by atoms with Gasteiger partial charge in [0.1, 0.15) is 10.8 Å². The lowest BCUT2D eigenvalue weighted by Gasteiger charge is -2.16. The van der Waals surface area contributed by atoms with Crippen LogP contribution in [0.3, 0.4) is 0 Å². The quantitative estimate of drug-likeness (QED) is 0.505. The van der Waals surface area contributed by atoms with E-state index < -0.39 is 11.9 Å². The molecule has 1 fully saturated rings. The Kier molecular flexibility index (Phi) is 5.48. The van der Waals surface area contributed by atoms with Crippen molar-refractivity contribution in [3.05, 3.63) is 75.8 Å². The summed E-state index contributed by atoms with van der Waals surface area (Å²) >= 11 is 12.8. The van der Waals surface area contributed by atoms with Crippen molar-refractivity contribution in [2.24, 2.45) is 5.92 Å². The predicted molar refractivity (Wildman–Crippen MR) is 113 cm³/mol. The number of carboxylic acids is 1. The van der Waals surface area contributed by atoms with Crippen LogP contribution < -0.4 is 4.74 Å². The van der Waals surface area contributed by atoms with Gasteiger partial charge in [0.15, 0.2) is 5.78 Å². The van der Waals surface area contributed by atoms with Crippen molar-refractivity contribution < 1.29 is 19.4 Å². The molecule has 4 nitrogen and oxygen atoms in total. The minimum absolute atomic E-state index is 0.134. The second-order valence-electron chi connectivity index (χ2n) is 7.18. The molecule has 0 radical (unpaired) electrons. The normalized spacial score (nSPS) is 18.7. The monoisotopic (exact) mass is 428 g/mol. The Bertz CT molecular complexity index is 1100. The lowest BCUT2D eigenvalue weighted by Crippen LogP contribution is -2.16. The van der Waals surface area contributed by atoms with Crippen LogP contribution in [-0.2, 0) is 4.79 Å². The number of rotatable bonds is 5. The maximum atomic E-state index is 13.2. The van der Waals surface area contributed by atoms with E-state index in [1.807, 2.05) is 36.4 Å².